The van der Waals surface area contributed by atoms with Crippen LogP contribution in [0.15, 0.2) is 12.1 Å². The number of anilines is 1. The van der Waals surface area contributed by atoms with E-state index in [4.69, 9.17) is 10.1 Å². The number of nitrogens with zero attached hydrogens (tertiary/aromatic N) is 1. The van der Waals surface area contributed by atoms with E-state index in [1.54, 1.807) is 20.8 Å². The molecule has 2 N–H and O–H groups in total. The highest BCUT2D eigenvalue weighted by Crippen LogP contribution is 2.36. The van der Waals surface area contributed by atoms with Crippen LogP contribution in [0.25, 0.3) is 0 Å². The highest BCUT2D eigenvalue weighted by molar-refractivity contribution is 14.2. The van der Waals surface area contributed by atoms with Crippen LogP contribution in [0.4, 0.5) is 14.9 Å². The molecule has 1 aliphatic heterocycles. The van der Waals surface area contributed by atoms with Gasteiger partial charge in [-0.25, -0.2) is 9.18 Å². The van der Waals surface area contributed by atoms with E-state index in [0.717, 1.165) is 22.4 Å². The van der Waals surface area contributed by atoms with Crippen molar-refractivity contribution in [2.24, 2.45) is 0 Å². The first-order valence-electron chi connectivity index (χ1n) is 8.05. The highest BCUT2D eigenvalue weighted by atomic mass is 127. The lowest BCUT2D eigenvalue weighted by molar-refractivity contribution is 0.0283. The van der Waals surface area contributed by atoms with Crippen molar-refractivity contribution in [2.75, 3.05) is 18.2 Å². The Labute approximate surface area is 162 Å². The maximum Gasteiger partial charge on any atom is 0.410 e. The molecule has 3 atom stereocenters. The van der Waals surface area contributed by atoms with Gasteiger partial charge in [0.2, 0.25) is 0 Å². The fraction of sp³-hybridized carbons (Fsp3) is 0.529. The van der Waals surface area contributed by atoms with E-state index in [9.17, 15) is 9.18 Å². The zero-order chi connectivity index (χ0) is 18.8. The van der Waals surface area contributed by atoms with Gasteiger partial charge in [-0.2, -0.15) is 0 Å². The van der Waals surface area contributed by atoms with Crippen molar-refractivity contribution in [3.05, 3.63) is 28.8 Å². The van der Waals surface area contributed by atoms with Gasteiger partial charge in [-0.1, -0.05) is 0 Å². The largest absolute Gasteiger partial charge is 0.444 e. The molecule has 2 rings (SSSR count). The zero-order valence-electron chi connectivity index (χ0n) is 14.8. The van der Waals surface area contributed by atoms with Gasteiger partial charge < -0.3 is 20.1 Å². The van der Waals surface area contributed by atoms with Gasteiger partial charge >= 0.3 is 6.09 Å². The molecule has 0 saturated carbocycles. The molecule has 1 heterocycles. The van der Waals surface area contributed by atoms with Crippen LogP contribution >= 0.6 is 28.4 Å². The number of hydrogen-bond donors (Lipinski definition) is 2. The SMILES string of the molecule is Cc1cc(C=N)c(NPI)cc1C1CN(C(=O)OC(C)(C)C)CC1F. The van der Waals surface area contributed by atoms with Gasteiger partial charge in [0.15, 0.2) is 0 Å². The number of amides is 1. The van der Waals surface area contributed by atoms with E-state index in [2.05, 4.69) is 27.1 Å². The lowest BCUT2D eigenvalue weighted by atomic mass is 9.91. The number of nitrogens with one attached hydrogen (secondary N) is 2. The number of alkyl halides is 1. The summed E-state index contributed by atoms with van der Waals surface area (Å²) < 4.78 is 20.0. The first-order chi connectivity index (χ1) is 11.7. The smallest absolute Gasteiger partial charge is 0.410 e. The van der Waals surface area contributed by atoms with Gasteiger partial charge in [0.1, 0.15) is 11.8 Å². The standard InChI is InChI=1S/C17H24FIN3O2P/c1-10-5-11(7-20)15(21-25-19)6-12(10)13-8-22(9-14(13)18)16(23)24-17(2,3)4/h5-7,13-14,20-21,25H,8-9H2,1-4H3. The van der Waals surface area contributed by atoms with Crippen LogP contribution in [0.2, 0.25) is 0 Å². The van der Waals surface area contributed by atoms with Gasteiger partial charge in [-0.15, -0.1) is 0 Å². The Hall–Kier alpha value is -0.950. The summed E-state index contributed by atoms with van der Waals surface area (Å²) in [5.74, 6) is -0.384. The number of rotatable bonds is 4. The molecule has 138 valence electrons. The third-order valence-electron chi connectivity index (χ3n) is 4.08. The number of ether oxygens (including phenoxy) is 1. The number of likely N-dealkylation sites (tertiary alicyclic amines) is 1. The van der Waals surface area contributed by atoms with Crippen LogP contribution in [0, 0.1) is 12.3 Å². The van der Waals surface area contributed by atoms with Gasteiger partial charge in [-0.05, 0) is 73.0 Å². The zero-order valence-corrected chi connectivity index (χ0v) is 18.0. The number of benzene rings is 1. The summed E-state index contributed by atoms with van der Waals surface area (Å²) >= 11 is 2.22. The molecule has 0 radical (unpaired) electrons. The quantitative estimate of drug-likeness (QED) is 0.362. The topological polar surface area (TPSA) is 65.4 Å². The Bertz CT molecular complexity index is 666. The predicted octanol–water partition coefficient (Wildman–Crippen LogP) is 5.02. The Morgan fingerprint density at radius 1 is 1.48 bits per heavy atom. The Balaban J connectivity index is 2.25. The minimum atomic E-state index is -1.13. The van der Waals surface area contributed by atoms with Crippen molar-refractivity contribution in [1.29, 1.82) is 5.41 Å². The molecule has 0 spiro atoms. The van der Waals surface area contributed by atoms with Crippen LogP contribution in [0.5, 0.6) is 0 Å². The number of carbonyl (C=O) groups is 1. The summed E-state index contributed by atoms with van der Waals surface area (Å²) in [5.41, 5.74) is 2.82. The molecule has 1 aromatic carbocycles. The number of halogens is 2. The van der Waals surface area contributed by atoms with Crippen molar-refractivity contribution < 1.29 is 13.9 Å². The molecule has 8 heteroatoms. The molecule has 1 saturated heterocycles. The van der Waals surface area contributed by atoms with Crippen molar-refractivity contribution in [3.63, 3.8) is 0 Å². The molecule has 1 fully saturated rings. The maximum atomic E-state index is 14.7. The fourth-order valence-electron chi connectivity index (χ4n) is 2.96. The van der Waals surface area contributed by atoms with Gasteiger partial charge in [0, 0.05) is 36.3 Å². The molecule has 1 amide bonds. The minimum absolute atomic E-state index is 0.0438. The van der Waals surface area contributed by atoms with Crippen LogP contribution in [-0.4, -0.2) is 42.1 Å². The first-order valence-corrected chi connectivity index (χ1v) is 12.2. The molecular formula is C17H24FIN3O2P. The van der Waals surface area contributed by atoms with E-state index >= 15 is 0 Å². The van der Waals surface area contributed by atoms with Crippen LogP contribution < -0.4 is 5.09 Å². The molecule has 0 bridgehead atoms. The third kappa shape index (κ3) is 5.03. The van der Waals surface area contributed by atoms with Gasteiger partial charge in [0.25, 0.3) is 0 Å². The third-order valence-corrected chi connectivity index (χ3v) is 5.25. The summed E-state index contributed by atoms with van der Waals surface area (Å²) in [4.78, 5) is 13.7. The molecule has 25 heavy (non-hydrogen) atoms. The molecule has 3 unspecified atom stereocenters. The monoisotopic (exact) mass is 479 g/mol. The molecule has 5 nitrogen and oxygen atoms in total. The lowest BCUT2D eigenvalue weighted by Gasteiger charge is -2.24. The fourth-order valence-corrected chi connectivity index (χ4v) is 4.15. The summed E-state index contributed by atoms with van der Waals surface area (Å²) in [6.45, 7) is 7.66. The first kappa shape index (κ1) is 20.4. The minimum Gasteiger partial charge on any atom is -0.444 e. The van der Waals surface area contributed by atoms with E-state index in [1.165, 1.54) is 11.1 Å². The van der Waals surface area contributed by atoms with Crippen LogP contribution in [-0.2, 0) is 4.74 Å². The molecular weight excluding hydrogens is 455 g/mol. The molecule has 1 aliphatic rings. The van der Waals surface area contributed by atoms with E-state index in [1.807, 2.05) is 19.1 Å². The van der Waals surface area contributed by atoms with Crippen LogP contribution in [0.1, 0.15) is 43.4 Å². The Morgan fingerprint density at radius 2 is 2.16 bits per heavy atom. The van der Waals surface area contributed by atoms with Crippen molar-refractivity contribution >= 4 is 46.4 Å². The Kier molecular flexibility index (Phi) is 6.65. The van der Waals surface area contributed by atoms with Gasteiger partial charge in [0.05, 0.1) is 6.54 Å². The summed E-state index contributed by atoms with van der Waals surface area (Å²) in [7, 11) is 0. The average molecular weight is 479 g/mol. The summed E-state index contributed by atoms with van der Waals surface area (Å²) in [6.07, 6.45) is 0.145. The summed E-state index contributed by atoms with van der Waals surface area (Å²) in [5, 5.41) is 10.8. The maximum absolute atomic E-state index is 14.7. The Morgan fingerprint density at radius 3 is 2.72 bits per heavy atom. The summed E-state index contributed by atoms with van der Waals surface area (Å²) in [6, 6.07) is 3.81. The number of carbonyl (C=O) groups excluding carboxylic acids is 1. The highest BCUT2D eigenvalue weighted by Gasteiger charge is 2.39. The average Bonchev–Trinajstić information content (AvgIpc) is 2.89. The van der Waals surface area contributed by atoms with Crippen molar-refractivity contribution in [3.8, 4) is 0 Å². The van der Waals surface area contributed by atoms with Crippen LogP contribution in [0.3, 0.4) is 0 Å². The van der Waals surface area contributed by atoms with E-state index < -0.39 is 17.9 Å². The second-order valence-corrected chi connectivity index (χ2v) is 9.22. The normalized spacial score (nSPS) is 21.0. The van der Waals surface area contributed by atoms with Crippen molar-refractivity contribution in [2.45, 2.75) is 45.4 Å². The van der Waals surface area contributed by atoms with Gasteiger partial charge in [-0.3, -0.25) is 0 Å². The van der Waals surface area contributed by atoms with E-state index in [0.29, 0.717) is 12.9 Å². The van der Waals surface area contributed by atoms with E-state index in [-0.39, 0.29) is 12.5 Å². The molecule has 0 aromatic heterocycles. The second kappa shape index (κ2) is 8.16. The molecule has 0 aliphatic carbocycles. The predicted molar refractivity (Wildman–Crippen MR) is 110 cm³/mol. The van der Waals surface area contributed by atoms with Crippen molar-refractivity contribution in [1.82, 2.24) is 4.90 Å². The molecule has 1 aromatic rings. The number of aryl methyl sites for hydroxylation is 1. The second-order valence-electron chi connectivity index (χ2n) is 7.17. The number of hydrogen-bond acceptors (Lipinski definition) is 4. The lowest BCUT2D eigenvalue weighted by Crippen LogP contribution is -2.35.